The number of nitrogens with zero attached hydrogens (tertiary/aromatic N) is 2. The van der Waals surface area contributed by atoms with Gasteiger partial charge in [-0.05, 0) is 60.7 Å². The number of rotatable bonds is 16. The maximum absolute atomic E-state index is 13.9. The zero-order valence-corrected chi connectivity index (χ0v) is 28.3. The molecule has 12 nitrogen and oxygen atoms in total. The van der Waals surface area contributed by atoms with E-state index in [0.717, 1.165) is 11.1 Å². The number of amides is 2. The number of benzene rings is 3. The fraction of sp³-hybridized carbons (Fsp3) is 0.371. The number of carbonyl (C=O) groups is 2. The summed E-state index contributed by atoms with van der Waals surface area (Å²) in [4.78, 5) is 44.7. The van der Waals surface area contributed by atoms with Gasteiger partial charge in [-0.25, -0.2) is 4.98 Å². The van der Waals surface area contributed by atoms with E-state index in [2.05, 4.69) is 10.6 Å². The number of nitrogens with one attached hydrogen (secondary N) is 2. The molecule has 2 N–H and O–H groups in total. The molecule has 0 saturated heterocycles. The summed E-state index contributed by atoms with van der Waals surface area (Å²) in [6.07, 6.45) is 1.85. The minimum Gasteiger partial charge on any atom is -0.493 e. The molecule has 48 heavy (non-hydrogen) atoms. The van der Waals surface area contributed by atoms with Crippen molar-refractivity contribution in [2.45, 2.75) is 43.1 Å². The smallest absolute Gasteiger partial charge is 0.262 e. The van der Waals surface area contributed by atoms with Crippen LogP contribution in [0, 0.1) is 0 Å². The molecule has 1 aliphatic heterocycles. The lowest BCUT2D eigenvalue weighted by Crippen LogP contribution is -2.34. The summed E-state index contributed by atoms with van der Waals surface area (Å²) in [5, 5.41) is 6.22. The van der Waals surface area contributed by atoms with Crippen molar-refractivity contribution in [2.24, 2.45) is 0 Å². The molecule has 0 bridgehead atoms. The Bertz CT molecular complexity index is 1810. The third-order valence-electron chi connectivity index (χ3n) is 7.85. The van der Waals surface area contributed by atoms with Gasteiger partial charge in [-0.15, -0.1) is 0 Å². The second kappa shape index (κ2) is 16.4. The van der Waals surface area contributed by atoms with Crippen LogP contribution in [0.15, 0.2) is 64.5 Å². The summed E-state index contributed by atoms with van der Waals surface area (Å²) in [7, 11) is 4.79. The summed E-state index contributed by atoms with van der Waals surface area (Å²) < 4.78 is 28.3. The number of aromatic nitrogens is 2. The first-order chi connectivity index (χ1) is 23.3. The molecular weight excluding hydrogens is 636 g/mol. The van der Waals surface area contributed by atoms with E-state index in [1.807, 2.05) is 37.3 Å². The van der Waals surface area contributed by atoms with E-state index in [1.165, 1.54) is 11.8 Å². The van der Waals surface area contributed by atoms with Gasteiger partial charge in [-0.2, -0.15) is 0 Å². The Kier molecular flexibility index (Phi) is 11.8. The molecule has 4 aromatic rings. The van der Waals surface area contributed by atoms with Crippen LogP contribution in [0.5, 0.6) is 23.0 Å². The highest BCUT2D eigenvalue weighted by Gasteiger charge is 2.24. The number of hydrogen-bond donors (Lipinski definition) is 2. The van der Waals surface area contributed by atoms with Gasteiger partial charge in [0.15, 0.2) is 28.2 Å². The second-order valence-electron chi connectivity index (χ2n) is 11.1. The Morgan fingerprint density at radius 3 is 2.38 bits per heavy atom. The standard InChI is InChI=1S/C35H40N4O8S/c1-5-31(33(41)36-14-6-16-43-2)48-35-38-26-19-30-29(46-21-47-30)18-25(26)34(42)39(35)20-23-7-10-24(11-8-23)32(40)37-15-13-22-9-12-27(44-3)28(17-22)45-4/h7-12,17-19,31H,5-6,13-16,20-21H2,1-4H3,(H,36,41)(H,37,40)/t31-/m0/s1. The molecule has 2 heterocycles. The zero-order chi connectivity index (χ0) is 34.0. The molecule has 13 heteroatoms. The Hall–Kier alpha value is -4.75. The number of hydrogen-bond acceptors (Lipinski definition) is 10. The van der Waals surface area contributed by atoms with Gasteiger partial charge < -0.3 is 34.3 Å². The van der Waals surface area contributed by atoms with Crippen LogP contribution in [0.2, 0.25) is 0 Å². The first-order valence-corrected chi connectivity index (χ1v) is 16.6. The van der Waals surface area contributed by atoms with E-state index < -0.39 is 5.25 Å². The van der Waals surface area contributed by atoms with Crippen LogP contribution >= 0.6 is 11.8 Å². The molecule has 0 spiro atoms. The van der Waals surface area contributed by atoms with Gasteiger partial charge in [0.25, 0.3) is 11.5 Å². The largest absolute Gasteiger partial charge is 0.493 e. The molecule has 0 fully saturated rings. The molecule has 5 rings (SSSR count). The van der Waals surface area contributed by atoms with Gasteiger partial charge in [0.1, 0.15) is 0 Å². The number of fused-ring (bicyclic) bond motifs is 2. The van der Waals surface area contributed by atoms with Crippen molar-refractivity contribution in [2.75, 3.05) is 47.8 Å². The Balaban J connectivity index is 1.32. The van der Waals surface area contributed by atoms with E-state index in [0.29, 0.717) is 83.6 Å². The van der Waals surface area contributed by atoms with Crippen LogP contribution < -0.4 is 35.1 Å². The van der Waals surface area contributed by atoms with Crippen LogP contribution in [-0.2, 0) is 22.5 Å². The molecule has 0 radical (unpaired) electrons. The van der Waals surface area contributed by atoms with E-state index in [-0.39, 0.29) is 30.7 Å². The minimum atomic E-state index is -0.470. The number of carbonyl (C=O) groups excluding carboxylic acids is 2. The van der Waals surface area contributed by atoms with Crippen LogP contribution in [0.3, 0.4) is 0 Å². The maximum Gasteiger partial charge on any atom is 0.262 e. The van der Waals surface area contributed by atoms with Gasteiger partial charge in [-0.3, -0.25) is 19.0 Å². The monoisotopic (exact) mass is 676 g/mol. The normalized spacial score (nSPS) is 12.5. The summed E-state index contributed by atoms with van der Waals surface area (Å²) in [5.74, 6) is 1.94. The predicted molar refractivity (Wildman–Crippen MR) is 183 cm³/mol. The SMILES string of the molecule is CC[C@H](Sc1nc2cc3c(cc2c(=O)n1Cc1ccc(C(=O)NCCc2ccc(OC)c(OC)c2)cc1)OCO3)C(=O)NCCCOC. The molecular formula is C35H40N4O8S. The molecule has 0 aliphatic carbocycles. The lowest BCUT2D eigenvalue weighted by atomic mass is 10.1. The highest BCUT2D eigenvalue weighted by Crippen LogP contribution is 2.35. The average molecular weight is 677 g/mol. The molecule has 0 saturated carbocycles. The van der Waals surface area contributed by atoms with Crippen molar-refractivity contribution in [1.29, 1.82) is 0 Å². The Morgan fingerprint density at radius 2 is 1.67 bits per heavy atom. The van der Waals surface area contributed by atoms with Gasteiger partial charge in [0, 0.05) is 38.4 Å². The Labute approximate surface area is 283 Å². The third-order valence-corrected chi connectivity index (χ3v) is 9.21. The topological polar surface area (TPSA) is 139 Å². The van der Waals surface area contributed by atoms with Crippen molar-refractivity contribution in [3.63, 3.8) is 0 Å². The van der Waals surface area contributed by atoms with Gasteiger partial charge in [0.05, 0.1) is 36.9 Å². The van der Waals surface area contributed by atoms with Crippen molar-refractivity contribution in [3.05, 3.63) is 81.6 Å². The molecule has 1 aromatic heterocycles. The van der Waals surface area contributed by atoms with Gasteiger partial charge in [0.2, 0.25) is 12.7 Å². The van der Waals surface area contributed by atoms with E-state index in [9.17, 15) is 14.4 Å². The minimum absolute atomic E-state index is 0.0682. The van der Waals surface area contributed by atoms with E-state index in [4.69, 9.17) is 28.7 Å². The van der Waals surface area contributed by atoms with Crippen molar-refractivity contribution < 1.29 is 33.3 Å². The lowest BCUT2D eigenvalue weighted by molar-refractivity contribution is -0.120. The van der Waals surface area contributed by atoms with E-state index in [1.54, 1.807) is 50.2 Å². The summed E-state index contributed by atoms with van der Waals surface area (Å²) in [6, 6.07) is 16.1. The quantitative estimate of drug-likeness (QED) is 0.101. The first-order valence-electron chi connectivity index (χ1n) is 15.7. The Morgan fingerprint density at radius 1 is 0.938 bits per heavy atom. The average Bonchev–Trinajstić information content (AvgIpc) is 3.57. The van der Waals surface area contributed by atoms with Crippen LogP contribution in [0.25, 0.3) is 10.9 Å². The fourth-order valence-electron chi connectivity index (χ4n) is 5.21. The van der Waals surface area contributed by atoms with Gasteiger partial charge in [-0.1, -0.05) is 36.9 Å². The molecule has 1 aliphatic rings. The summed E-state index contributed by atoms with van der Waals surface area (Å²) in [5.41, 5.74) is 2.48. The van der Waals surface area contributed by atoms with Crippen molar-refractivity contribution >= 4 is 34.5 Å². The molecule has 1 atom stereocenters. The first kappa shape index (κ1) is 34.6. The van der Waals surface area contributed by atoms with Crippen molar-refractivity contribution in [3.8, 4) is 23.0 Å². The summed E-state index contributed by atoms with van der Waals surface area (Å²) >= 11 is 1.25. The van der Waals surface area contributed by atoms with Crippen molar-refractivity contribution in [1.82, 2.24) is 20.2 Å². The number of ether oxygens (including phenoxy) is 5. The highest BCUT2D eigenvalue weighted by molar-refractivity contribution is 8.00. The zero-order valence-electron chi connectivity index (χ0n) is 27.5. The highest BCUT2D eigenvalue weighted by atomic mass is 32.2. The molecule has 0 unspecified atom stereocenters. The van der Waals surface area contributed by atoms with E-state index >= 15 is 0 Å². The molecule has 254 valence electrons. The van der Waals surface area contributed by atoms with Crippen LogP contribution in [-0.4, -0.2) is 74.4 Å². The number of thioether (sulfide) groups is 1. The lowest BCUT2D eigenvalue weighted by Gasteiger charge is -2.18. The van der Waals surface area contributed by atoms with Crippen LogP contribution in [0.4, 0.5) is 0 Å². The van der Waals surface area contributed by atoms with Gasteiger partial charge >= 0.3 is 0 Å². The fourth-order valence-corrected chi connectivity index (χ4v) is 6.25. The molecule has 2 amide bonds. The predicted octanol–water partition coefficient (Wildman–Crippen LogP) is 4.19. The maximum atomic E-state index is 13.9. The molecule has 3 aromatic carbocycles. The number of methoxy groups -OCH3 is 3. The third kappa shape index (κ3) is 8.20. The summed E-state index contributed by atoms with van der Waals surface area (Å²) in [6.45, 7) is 3.65. The second-order valence-corrected chi connectivity index (χ2v) is 12.2. The van der Waals surface area contributed by atoms with Crippen LogP contribution in [0.1, 0.15) is 41.3 Å².